The van der Waals surface area contributed by atoms with Crippen molar-refractivity contribution in [1.29, 1.82) is 0 Å². The zero-order valence-electron chi connectivity index (χ0n) is 17.9. The number of carbonyl (C=O) groups excluding carboxylic acids is 1. The van der Waals surface area contributed by atoms with Gasteiger partial charge in [-0.15, -0.1) is 0 Å². The fraction of sp³-hybridized carbons (Fsp3) is 0.217. The van der Waals surface area contributed by atoms with E-state index in [4.69, 9.17) is 9.47 Å². The molecule has 10 heteroatoms. The molecule has 0 saturated carbocycles. The molecule has 0 fully saturated rings. The van der Waals surface area contributed by atoms with Crippen LogP contribution in [0, 0.1) is 10.1 Å². The van der Waals surface area contributed by atoms with E-state index in [1.807, 2.05) is 34.7 Å². The van der Waals surface area contributed by atoms with Crippen molar-refractivity contribution in [1.82, 2.24) is 4.90 Å². The summed E-state index contributed by atoms with van der Waals surface area (Å²) in [5.74, 6) is 0.164. The summed E-state index contributed by atoms with van der Waals surface area (Å²) in [7, 11) is 0. The zero-order chi connectivity index (χ0) is 23.5. The van der Waals surface area contributed by atoms with E-state index in [1.54, 1.807) is 26.0 Å². The minimum atomic E-state index is -0.479. The molecule has 2 aromatic carbocycles. The van der Waals surface area contributed by atoms with Crippen molar-refractivity contribution in [2.45, 2.75) is 26.5 Å². The summed E-state index contributed by atoms with van der Waals surface area (Å²) in [4.78, 5) is 29.9. The molecule has 170 valence electrons. The Hall–Kier alpha value is -3.11. The number of halogens is 1. The Bertz CT molecular complexity index is 1190. The van der Waals surface area contributed by atoms with Gasteiger partial charge in [-0.05, 0) is 55.2 Å². The van der Waals surface area contributed by atoms with Crippen LogP contribution in [0.5, 0.6) is 5.75 Å². The molecule has 0 spiro atoms. The van der Waals surface area contributed by atoms with Gasteiger partial charge in [-0.25, -0.2) is 9.79 Å². The lowest BCUT2D eigenvalue weighted by atomic mass is 9.94. The van der Waals surface area contributed by atoms with Gasteiger partial charge in [0.05, 0.1) is 28.8 Å². The molecular formula is C23H20BrN3O5S. The summed E-state index contributed by atoms with van der Waals surface area (Å²) >= 11 is 5.01. The minimum Gasteiger partial charge on any atom is -0.489 e. The highest BCUT2D eigenvalue weighted by Crippen LogP contribution is 2.44. The lowest BCUT2D eigenvalue weighted by Gasteiger charge is -2.34. The summed E-state index contributed by atoms with van der Waals surface area (Å²) in [6.45, 7) is 4.04. The molecule has 0 radical (unpaired) electrons. The monoisotopic (exact) mass is 529 g/mol. The molecule has 1 atom stereocenters. The number of hydrogen-bond donors (Lipinski definition) is 0. The predicted octanol–water partition coefficient (Wildman–Crippen LogP) is 5.70. The maximum Gasteiger partial charge on any atom is 0.338 e. The summed E-state index contributed by atoms with van der Waals surface area (Å²) in [5, 5.41) is 13.6. The lowest BCUT2D eigenvalue weighted by molar-refractivity contribution is -0.384. The average molecular weight is 530 g/mol. The fourth-order valence-electron chi connectivity index (χ4n) is 3.62. The molecule has 33 heavy (non-hydrogen) atoms. The first kappa shape index (κ1) is 23.1. The Kier molecular flexibility index (Phi) is 6.85. The van der Waals surface area contributed by atoms with Crippen LogP contribution in [-0.4, -0.2) is 27.6 Å². The number of benzene rings is 2. The molecule has 0 amide bonds. The number of amidine groups is 1. The van der Waals surface area contributed by atoms with Gasteiger partial charge in [0.15, 0.2) is 5.17 Å². The van der Waals surface area contributed by atoms with E-state index in [-0.39, 0.29) is 18.9 Å². The van der Waals surface area contributed by atoms with Crippen LogP contribution in [0.2, 0.25) is 0 Å². The van der Waals surface area contributed by atoms with Crippen LogP contribution in [0.4, 0.5) is 5.69 Å². The third kappa shape index (κ3) is 4.81. The third-order valence-corrected chi connectivity index (χ3v) is 6.39. The fourth-order valence-corrected chi connectivity index (χ4v) is 4.79. The van der Waals surface area contributed by atoms with Gasteiger partial charge >= 0.3 is 5.97 Å². The Balaban J connectivity index is 1.70. The smallest absolute Gasteiger partial charge is 0.338 e. The second kappa shape index (κ2) is 9.80. The number of nitrogens with zero attached hydrogens (tertiary/aromatic N) is 3. The number of nitro groups is 1. The lowest BCUT2D eigenvalue weighted by Crippen LogP contribution is -2.34. The number of nitro benzene ring substituents is 1. The SMILES string of the molecule is CCOC(=O)C1=C(C)N=C2SC=CN2[C@H]1c1cc(Br)ccc1OCc1ccc([N+](=O)[O-])cc1. The number of thioether (sulfide) groups is 1. The summed E-state index contributed by atoms with van der Waals surface area (Å²) < 4.78 is 12.3. The molecule has 2 aliphatic rings. The van der Waals surface area contributed by atoms with Gasteiger partial charge in [-0.1, -0.05) is 27.7 Å². The van der Waals surface area contributed by atoms with E-state index < -0.39 is 16.9 Å². The predicted molar refractivity (Wildman–Crippen MR) is 130 cm³/mol. The molecule has 0 N–H and O–H groups in total. The Morgan fingerprint density at radius 2 is 2.03 bits per heavy atom. The highest BCUT2D eigenvalue weighted by atomic mass is 79.9. The van der Waals surface area contributed by atoms with Crippen molar-refractivity contribution >= 4 is 44.5 Å². The largest absolute Gasteiger partial charge is 0.489 e. The third-order valence-electron chi connectivity index (χ3n) is 5.12. The first-order valence-electron chi connectivity index (χ1n) is 10.1. The quantitative estimate of drug-likeness (QED) is 0.257. The second-order valence-corrected chi connectivity index (χ2v) is 9.01. The number of allylic oxidation sites excluding steroid dienone is 1. The molecule has 0 bridgehead atoms. The Morgan fingerprint density at radius 3 is 2.73 bits per heavy atom. The van der Waals surface area contributed by atoms with E-state index in [0.717, 1.165) is 20.8 Å². The number of ether oxygens (including phenoxy) is 2. The van der Waals surface area contributed by atoms with E-state index in [0.29, 0.717) is 17.0 Å². The van der Waals surface area contributed by atoms with Crippen LogP contribution in [0.1, 0.15) is 31.0 Å². The molecule has 2 aliphatic heterocycles. The highest BCUT2D eigenvalue weighted by Gasteiger charge is 2.39. The van der Waals surface area contributed by atoms with Crippen LogP contribution < -0.4 is 4.74 Å². The number of aliphatic imine (C=N–C) groups is 1. The standard InChI is InChI=1S/C23H20BrN3O5S/c1-3-31-22(28)20-14(2)25-23-26(10-11-33-23)21(20)18-12-16(24)6-9-19(18)32-13-15-4-7-17(8-5-15)27(29)30/h4-12,21H,3,13H2,1-2H3/t21-/m0/s1. The van der Waals surface area contributed by atoms with Crippen molar-refractivity contribution in [3.63, 3.8) is 0 Å². The van der Waals surface area contributed by atoms with Crippen molar-refractivity contribution in [2.75, 3.05) is 6.61 Å². The molecular weight excluding hydrogens is 510 g/mol. The molecule has 4 rings (SSSR count). The maximum atomic E-state index is 12.9. The maximum absolute atomic E-state index is 12.9. The number of esters is 1. The van der Waals surface area contributed by atoms with E-state index in [9.17, 15) is 14.9 Å². The molecule has 8 nitrogen and oxygen atoms in total. The van der Waals surface area contributed by atoms with Gasteiger partial charge in [-0.2, -0.15) is 0 Å². The topological polar surface area (TPSA) is 94.3 Å². The number of fused-ring (bicyclic) bond motifs is 1. The van der Waals surface area contributed by atoms with E-state index in [2.05, 4.69) is 20.9 Å². The van der Waals surface area contributed by atoms with Gasteiger partial charge in [0.25, 0.3) is 5.69 Å². The van der Waals surface area contributed by atoms with Crippen LogP contribution in [0.3, 0.4) is 0 Å². The van der Waals surface area contributed by atoms with Crippen molar-refractivity contribution < 1.29 is 19.2 Å². The van der Waals surface area contributed by atoms with E-state index in [1.165, 1.54) is 23.9 Å². The van der Waals surface area contributed by atoms with Crippen molar-refractivity contribution in [2.24, 2.45) is 4.99 Å². The molecule has 2 aromatic rings. The second-order valence-electron chi connectivity index (χ2n) is 7.22. The molecule has 0 aliphatic carbocycles. The van der Waals surface area contributed by atoms with Gasteiger partial charge in [0, 0.05) is 28.4 Å². The van der Waals surface area contributed by atoms with Crippen molar-refractivity contribution in [3.8, 4) is 5.75 Å². The van der Waals surface area contributed by atoms with Crippen molar-refractivity contribution in [3.05, 3.63) is 91.1 Å². The highest BCUT2D eigenvalue weighted by molar-refractivity contribution is 9.10. The molecule has 0 saturated heterocycles. The number of non-ortho nitro benzene ring substituents is 1. The summed E-state index contributed by atoms with van der Waals surface area (Å²) in [6, 6.07) is 11.4. The van der Waals surface area contributed by atoms with Gasteiger partial charge < -0.3 is 14.4 Å². The van der Waals surface area contributed by atoms with Gasteiger partial charge in [-0.3, -0.25) is 10.1 Å². The molecule has 2 heterocycles. The first-order valence-corrected chi connectivity index (χ1v) is 11.8. The van der Waals surface area contributed by atoms with Crippen LogP contribution >= 0.6 is 27.7 Å². The number of carbonyl (C=O) groups is 1. The summed E-state index contributed by atoms with van der Waals surface area (Å²) in [6.07, 6.45) is 1.89. The van der Waals surface area contributed by atoms with Gasteiger partial charge in [0.2, 0.25) is 0 Å². The van der Waals surface area contributed by atoms with Gasteiger partial charge in [0.1, 0.15) is 12.4 Å². The summed E-state index contributed by atoms with van der Waals surface area (Å²) in [5.41, 5.74) is 2.63. The van der Waals surface area contributed by atoms with Crippen LogP contribution in [0.15, 0.2) is 74.8 Å². The Labute approximate surface area is 203 Å². The van der Waals surface area contributed by atoms with Crippen LogP contribution in [-0.2, 0) is 16.1 Å². The number of hydrogen-bond acceptors (Lipinski definition) is 8. The number of rotatable bonds is 7. The molecule has 0 aromatic heterocycles. The average Bonchev–Trinajstić information content (AvgIpc) is 3.25. The Morgan fingerprint density at radius 1 is 1.27 bits per heavy atom. The minimum absolute atomic E-state index is 0.0233. The first-order chi connectivity index (χ1) is 15.9. The zero-order valence-corrected chi connectivity index (χ0v) is 20.3. The van der Waals surface area contributed by atoms with Crippen LogP contribution in [0.25, 0.3) is 0 Å². The molecule has 0 unspecified atom stereocenters. The normalized spacial score (nSPS) is 17.0. The van der Waals surface area contributed by atoms with E-state index >= 15 is 0 Å².